The summed E-state index contributed by atoms with van der Waals surface area (Å²) in [7, 11) is 0. The van der Waals surface area contributed by atoms with Crippen molar-refractivity contribution < 1.29 is 19.8 Å². The first-order valence-corrected chi connectivity index (χ1v) is 8.84. The molecule has 1 fully saturated rings. The van der Waals surface area contributed by atoms with Gasteiger partial charge in [-0.3, -0.25) is 9.59 Å². The highest BCUT2D eigenvalue weighted by Gasteiger charge is 2.24. The van der Waals surface area contributed by atoms with Gasteiger partial charge in [0.05, 0.1) is 10.1 Å². The van der Waals surface area contributed by atoms with Crippen LogP contribution >= 0.6 is 23.2 Å². The lowest BCUT2D eigenvalue weighted by Crippen LogP contribution is -2.14. The molecule has 3 rings (SSSR count). The number of phenols is 2. The van der Waals surface area contributed by atoms with Crippen molar-refractivity contribution in [1.82, 2.24) is 4.90 Å². The Morgan fingerprint density at radius 1 is 0.846 bits per heavy atom. The average Bonchev–Trinajstić information content (AvgIpc) is 3.15. The first kappa shape index (κ1) is 20.1. The molecule has 2 N–H and O–H groups in total. The molecular weight excluding hydrogens is 377 g/mol. The standard InChI is InChI=1S/C13H13Cl2NO2.C6H6O2/c14-12-9(7-17)5-10(8-18)13(15)11(12)6-16-3-1-2-4-16;7-5-1-2-6(8)4-3-5/h6-8H,1-5H2;1-4,7-8H. The summed E-state index contributed by atoms with van der Waals surface area (Å²) < 4.78 is 0. The smallest absolute Gasteiger partial charge is 0.147 e. The zero-order valence-electron chi connectivity index (χ0n) is 14.0. The molecule has 0 aromatic heterocycles. The van der Waals surface area contributed by atoms with Crippen LogP contribution in [0.2, 0.25) is 0 Å². The van der Waals surface area contributed by atoms with E-state index in [1.54, 1.807) is 0 Å². The largest absolute Gasteiger partial charge is 0.508 e. The number of aldehydes is 2. The maximum absolute atomic E-state index is 11.0. The van der Waals surface area contributed by atoms with Crippen molar-refractivity contribution in [2.75, 3.05) is 13.1 Å². The first-order chi connectivity index (χ1) is 12.5. The van der Waals surface area contributed by atoms with Crippen LogP contribution in [0.3, 0.4) is 0 Å². The van der Waals surface area contributed by atoms with Gasteiger partial charge in [0.1, 0.15) is 24.1 Å². The van der Waals surface area contributed by atoms with E-state index in [2.05, 4.69) is 4.90 Å². The van der Waals surface area contributed by atoms with Crippen LogP contribution in [-0.4, -0.2) is 40.8 Å². The van der Waals surface area contributed by atoms with Crippen LogP contribution in [-0.2, 0) is 9.59 Å². The minimum atomic E-state index is 0.169. The van der Waals surface area contributed by atoms with Crippen LogP contribution in [0.5, 0.6) is 11.5 Å². The summed E-state index contributed by atoms with van der Waals surface area (Å²) in [5.41, 5.74) is 1.40. The second-order valence-electron chi connectivity index (χ2n) is 5.89. The number of allylic oxidation sites excluding steroid dienone is 5. The van der Waals surface area contributed by atoms with Gasteiger partial charge in [-0.25, -0.2) is 0 Å². The number of rotatable bonds is 3. The summed E-state index contributed by atoms with van der Waals surface area (Å²) in [6.07, 6.45) is 5.70. The van der Waals surface area contributed by atoms with Crippen molar-refractivity contribution in [3.63, 3.8) is 0 Å². The average molecular weight is 396 g/mol. The van der Waals surface area contributed by atoms with E-state index < -0.39 is 0 Å². The molecule has 0 unspecified atom stereocenters. The molecule has 0 bridgehead atoms. The second-order valence-corrected chi connectivity index (χ2v) is 6.65. The fourth-order valence-electron chi connectivity index (χ4n) is 2.61. The third kappa shape index (κ3) is 5.13. The van der Waals surface area contributed by atoms with Crippen LogP contribution < -0.4 is 0 Å². The Labute approximate surface area is 161 Å². The van der Waals surface area contributed by atoms with Crippen LogP contribution in [0.4, 0.5) is 0 Å². The van der Waals surface area contributed by atoms with Gasteiger partial charge >= 0.3 is 0 Å². The Balaban J connectivity index is 0.000000254. The predicted molar refractivity (Wildman–Crippen MR) is 101 cm³/mol. The molecule has 0 atom stereocenters. The molecule has 7 heteroatoms. The number of carbonyl (C=O) groups is 2. The molecular formula is C19H19Cl2NO4. The van der Waals surface area contributed by atoms with Crippen molar-refractivity contribution in [2.24, 2.45) is 0 Å². The molecule has 1 aromatic rings. The second kappa shape index (κ2) is 9.46. The Morgan fingerprint density at radius 3 is 1.65 bits per heavy atom. The fourth-order valence-corrected chi connectivity index (χ4v) is 3.17. The monoisotopic (exact) mass is 395 g/mol. The highest BCUT2D eigenvalue weighted by molar-refractivity contribution is 6.40. The van der Waals surface area contributed by atoms with Gasteiger partial charge in [0.15, 0.2) is 0 Å². The van der Waals surface area contributed by atoms with Gasteiger partial charge < -0.3 is 15.1 Å². The van der Waals surface area contributed by atoms with Gasteiger partial charge in [-0.05, 0) is 37.1 Å². The van der Waals surface area contributed by atoms with Crippen molar-refractivity contribution in [3.05, 3.63) is 57.2 Å². The molecule has 138 valence electrons. The topological polar surface area (TPSA) is 77.8 Å². The van der Waals surface area contributed by atoms with Crippen LogP contribution in [0.1, 0.15) is 19.3 Å². The molecule has 0 saturated carbocycles. The Bertz CT molecular complexity index is 707. The number of hydrogen-bond donors (Lipinski definition) is 2. The van der Waals surface area contributed by atoms with Crippen molar-refractivity contribution in [1.29, 1.82) is 0 Å². The van der Waals surface area contributed by atoms with Gasteiger partial charge in [-0.1, -0.05) is 23.2 Å². The summed E-state index contributed by atoms with van der Waals surface area (Å²) in [5, 5.41) is 18.0. The van der Waals surface area contributed by atoms with E-state index in [0.717, 1.165) is 25.9 Å². The summed E-state index contributed by atoms with van der Waals surface area (Å²) in [6, 6.07) is 5.70. The van der Waals surface area contributed by atoms with Gasteiger partial charge in [0.25, 0.3) is 0 Å². The third-order valence-corrected chi connectivity index (χ3v) is 4.90. The molecule has 1 heterocycles. The molecule has 26 heavy (non-hydrogen) atoms. The zero-order valence-corrected chi connectivity index (χ0v) is 15.5. The van der Waals surface area contributed by atoms with Gasteiger partial charge in [0.2, 0.25) is 0 Å². The van der Waals surface area contributed by atoms with Gasteiger partial charge in [-0.2, -0.15) is 0 Å². The Morgan fingerprint density at radius 2 is 1.27 bits per heavy atom. The number of benzene rings is 1. The summed E-state index contributed by atoms with van der Waals surface area (Å²) >= 11 is 12.3. The van der Waals surface area contributed by atoms with Crippen molar-refractivity contribution >= 4 is 35.8 Å². The Hall–Kier alpha value is -2.24. The highest BCUT2D eigenvalue weighted by atomic mass is 35.5. The molecule has 1 saturated heterocycles. The number of carbonyl (C=O) groups excluding carboxylic acids is 2. The molecule has 0 radical (unpaired) electrons. The molecule has 1 aliphatic carbocycles. The van der Waals surface area contributed by atoms with Crippen molar-refractivity contribution in [2.45, 2.75) is 19.3 Å². The molecule has 2 aliphatic rings. The number of nitrogens with zero attached hydrogens (tertiary/aromatic N) is 1. The predicted octanol–water partition coefficient (Wildman–Crippen LogP) is 3.85. The SMILES string of the molecule is O=CC1=C(Cl)C(=CN2CCCC2)C(Cl)=C(C=O)C1.Oc1ccc(O)cc1. The van der Waals surface area contributed by atoms with Crippen LogP contribution in [0.25, 0.3) is 0 Å². The van der Waals surface area contributed by atoms with E-state index in [1.165, 1.54) is 24.3 Å². The lowest BCUT2D eigenvalue weighted by atomic mass is 9.96. The fraction of sp³-hybridized carbons (Fsp3) is 0.263. The van der Waals surface area contributed by atoms with Gasteiger partial charge in [0, 0.05) is 42.4 Å². The quantitative estimate of drug-likeness (QED) is 0.600. The zero-order chi connectivity index (χ0) is 19.1. The highest BCUT2D eigenvalue weighted by Crippen LogP contribution is 2.37. The van der Waals surface area contributed by atoms with Crippen LogP contribution in [0, 0.1) is 0 Å². The van der Waals surface area contributed by atoms with Crippen LogP contribution in [0.15, 0.2) is 57.2 Å². The third-order valence-electron chi connectivity index (χ3n) is 4.00. The Kier molecular flexibility index (Phi) is 7.30. The number of likely N-dealkylation sites (tertiary alicyclic amines) is 1. The number of phenolic OH excluding ortho intramolecular Hbond substituents is 2. The number of halogens is 2. The lowest BCUT2D eigenvalue weighted by Gasteiger charge is -2.20. The van der Waals surface area contributed by atoms with E-state index in [4.69, 9.17) is 33.4 Å². The van der Waals surface area contributed by atoms with E-state index in [-0.39, 0.29) is 17.9 Å². The maximum atomic E-state index is 11.0. The molecule has 1 aliphatic heterocycles. The number of hydrogen-bond acceptors (Lipinski definition) is 5. The van der Waals surface area contributed by atoms with Gasteiger partial charge in [-0.15, -0.1) is 0 Å². The first-order valence-electron chi connectivity index (χ1n) is 8.08. The minimum absolute atomic E-state index is 0.169. The summed E-state index contributed by atoms with van der Waals surface area (Å²) in [5.74, 6) is 0.339. The molecule has 0 spiro atoms. The summed E-state index contributed by atoms with van der Waals surface area (Å²) in [6.45, 7) is 1.90. The molecule has 0 amide bonds. The minimum Gasteiger partial charge on any atom is -0.508 e. The molecule has 5 nitrogen and oxygen atoms in total. The van der Waals surface area contributed by atoms with E-state index in [0.29, 0.717) is 39.4 Å². The summed E-state index contributed by atoms with van der Waals surface area (Å²) in [4.78, 5) is 24.0. The normalized spacial score (nSPS) is 17.0. The van der Waals surface area contributed by atoms with E-state index in [1.807, 2.05) is 6.20 Å². The number of aromatic hydroxyl groups is 2. The lowest BCUT2D eigenvalue weighted by molar-refractivity contribution is -0.105. The maximum Gasteiger partial charge on any atom is 0.147 e. The van der Waals surface area contributed by atoms with E-state index in [9.17, 15) is 9.59 Å². The van der Waals surface area contributed by atoms with E-state index >= 15 is 0 Å². The molecule has 1 aromatic carbocycles. The van der Waals surface area contributed by atoms with Crippen molar-refractivity contribution in [3.8, 4) is 11.5 Å².